The zero-order valence-electron chi connectivity index (χ0n) is 14.6. The summed E-state index contributed by atoms with van der Waals surface area (Å²) in [6.45, 7) is 13.0. The molecule has 0 N–H and O–H groups in total. The molecule has 0 nitrogen and oxygen atoms in total. The Morgan fingerprint density at radius 3 is 2.09 bits per heavy atom. The van der Waals surface area contributed by atoms with Crippen molar-refractivity contribution in [3.05, 3.63) is 47.5 Å². The van der Waals surface area contributed by atoms with Crippen molar-refractivity contribution in [2.75, 3.05) is 0 Å². The van der Waals surface area contributed by atoms with Crippen LogP contribution in [0.5, 0.6) is 0 Å². The van der Waals surface area contributed by atoms with E-state index in [1.807, 2.05) is 0 Å². The minimum absolute atomic E-state index is 0. The van der Waals surface area contributed by atoms with Crippen LogP contribution in [0.3, 0.4) is 0 Å². The van der Waals surface area contributed by atoms with Crippen molar-refractivity contribution in [2.24, 2.45) is 11.8 Å². The van der Waals surface area contributed by atoms with Crippen LogP contribution in [0.25, 0.3) is 0 Å². The average molecular weight is 319 g/mol. The minimum atomic E-state index is 0. The van der Waals surface area contributed by atoms with Gasteiger partial charge in [0.05, 0.1) is 0 Å². The van der Waals surface area contributed by atoms with Crippen molar-refractivity contribution < 1.29 is 0 Å². The topological polar surface area (TPSA) is 0 Å². The van der Waals surface area contributed by atoms with Gasteiger partial charge in [0.15, 0.2) is 0 Å². The molecule has 1 saturated carbocycles. The van der Waals surface area contributed by atoms with Gasteiger partial charge in [0.2, 0.25) is 0 Å². The van der Waals surface area contributed by atoms with Crippen molar-refractivity contribution in [2.45, 2.75) is 87.5 Å². The fourth-order valence-corrected chi connectivity index (χ4v) is 3.08. The van der Waals surface area contributed by atoms with Crippen LogP contribution in [-0.4, -0.2) is 0 Å². The first-order valence-corrected chi connectivity index (χ1v) is 8.74. The summed E-state index contributed by atoms with van der Waals surface area (Å²) in [6, 6.07) is 8.62. The van der Waals surface area contributed by atoms with Gasteiger partial charge < -0.3 is 0 Å². The molecule has 0 saturated heterocycles. The third-order valence-electron chi connectivity index (χ3n) is 4.81. The number of hydrogen-bond acceptors (Lipinski definition) is 0. The van der Waals surface area contributed by atoms with E-state index >= 15 is 0 Å². The van der Waals surface area contributed by atoms with E-state index in [2.05, 4.69) is 58.5 Å². The lowest BCUT2D eigenvalue weighted by molar-refractivity contribution is 0.385. The summed E-state index contributed by atoms with van der Waals surface area (Å²) in [6.07, 6.45) is 9.76. The van der Waals surface area contributed by atoms with Gasteiger partial charge in [-0.05, 0) is 49.7 Å². The second-order valence-corrected chi connectivity index (χ2v) is 6.83. The van der Waals surface area contributed by atoms with Crippen LogP contribution in [0.15, 0.2) is 36.4 Å². The molecule has 0 heteroatoms. The molecule has 0 aromatic heterocycles. The molecule has 23 heavy (non-hydrogen) atoms. The molecule has 0 spiro atoms. The summed E-state index contributed by atoms with van der Waals surface area (Å²) >= 11 is 0. The summed E-state index contributed by atoms with van der Waals surface area (Å²) in [7, 11) is 0. The Balaban J connectivity index is 0. The van der Waals surface area contributed by atoms with Gasteiger partial charge >= 0.3 is 0 Å². The molecule has 1 aliphatic rings. The molecule has 0 amide bonds. The first-order chi connectivity index (χ1) is 10.0. The van der Waals surface area contributed by atoms with Crippen molar-refractivity contribution in [3.8, 4) is 0 Å². The predicted octanol–water partition coefficient (Wildman–Crippen LogP) is 8.00. The van der Waals surface area contributed by atoms with E-state index in [9.17, 15) is 0 Å². The highest BCUT2D eigenvalue weighted by Crippen LogP contribution is 2.22. The molecule has 0 aliphatic heterocycles. The van der Waals surface area contributed by atoms with E-state index in [0.29, 0.717) is 5.92 Å². The molecule has 1 fully saturated rings. The normalized spacial score (nSPS) is 15.3. The van der Waals surface area contributed by atoms with Crippen molar-refractivity contribution in [1.29, 1.82) is 0 Å². The van der Waals surface area contributed by atoms with Gasteiger partial charge in [0.1, 0.15) is 0 Å². The van der Waals surface area contributed by atoms with Gasteiger partial charge in [0.25, 0.3) is 0 Å². The largest absolute Gasteiger partial charge is 0.0998 e. The summed E-state index contributed by atoms with van der Waals surface area (Å²) in [5.74, 6) is 1.67. The van der Waals surface area contributed by atoms with Crippen molar-refractivity contribution in [3.63, 3.8) is 0 Å². The Labute approximate surface area is 147 Å². The maximum atomic E-state index is 4.05. The summed E-state index contributed by atoms with van der Waals surface area (Å²) in [4.78, 5) is 0. The lowest BCUT2D eigenvalue weighted by Gasteiger charge is -2.16. The second kappa shape index (κ2) is 13.4. The summed E-state index contributed by atoms with van der Waals surface area (Å²) in [5.41, 5.74) is 4.16. The molecular weight excluding hydrogens is 276 g/mol. The Hall–Kier alpha value is -1.04. The Morgan fingerprint density at radius 1 is 1.13 bits per heavy atom. The highest BCUT2D eigenvalue weighted by molar-refractivity contribution is 5.26. The molecule has 1 unspecified atom stereocenters. The maximum absolute atomic E-state index is 4.05. The van der Waals surface area contributed by atoms with Gasteiger partial charge in [-0.3, -0.25) is 0 Å². The lowest BCUT2D eigenvalue weighted by atomic mass is 9.90. The molecule has 1 aromatic carbocycles. The third-order valence-corrected chi connectivity index (χ3v) is 4.81. The third kappa shape index (κ3) is 9.64. The van der Waals surface area contributed by atoms with Gasteiger partial charge in [-0.15, -0.1) is 0 Å². The van der Waals surface area contributed by atoms with Gasteiger partial charge in [-0.25, -0.2) is 0 Å². The Morgan fingerprint density at radius 2 is 1.70 bits per heavy atom. The second-order valence-electron chi connectivity index (χ2n) is 6.83. The predicted molar refractivity (Wildman–Crippen MR) is 109 cm³/mol. The molecule has 0 radical (unpaired) electrons. The van der Waals surface area contributed by atoms with Crippen LogP contribution in [0.1, 0.15) is 85.3 Å². The molecule has 0 heterocycles. The zero-order valence-corrected chi connectivity index (χ0v) is 14.6. The molecule has 2 rings (SSSR count). The van der Waals surface area contributed by atoms with Crippen molar-refractivity contribution >= 4 is 0 Å². The van der Waals surface area contributed by atoms with Gasteiger partial charge in [0, 0.05) is 0 Å². The highest BCUT2D eigenvalue weighted by atomic mass is 14.1. The van der Waals surface area contributed by atoms with Crippen LogP contribution >= 0.6 is 0 Å². The van der Waals surface area contributed by atoms with E-state index in [4.69, 9.17) is 0 Å². The first-order valence-electron chi connectivity index (χ1n) is 8.74. The van der Waals surface area contributed by atoms with Crippen LogP contribution in [-0.2, 0) is 6.42 Å². The molecule has 0 bridgehead atoms. The molecule has 1 aromatic rings. The number of rotatable bonds is 4. The van der Waals surface area contributed by atoms with Crippen LogP contribution in [0.2, 0.25) is 0 Å². The molecule has 1 atom stereocenters. The van der Waals surface area contributed by atoms with Crippen LogP contribution in [0, 0.1) is 18.8 Å². The van der Waals surface area contributed by atoms with E-state index in [1.54, 1.807) is 0 Å². The van der Waals surface area contributed by atoms with E-state index in [-0.39, 0.29) is 14.9 Å². The average Bonchev–Trinajstić information content (AvgIpc) is 2.47. The van der Waals surface area contributed by atoms with Crippen LogP contribution < -0.4 is 0 Å². The monoisotopic (exact) mass is 318 g/mol. The molecular formula is C23H42. The number of aryl methyl sites for hydroxylation is 1. The van der Waals surface area contributed by atoms with E-state index < -0.39 is 0 Å². The highest BCUT2D eigenvalue weighted by Gasteiger charge is 2.09. The number of allylic oxidation sites excluding steroid dienone is 1. The van der Waals surface area contributed by atoms with Crippen LogP contribution in [0.4, 0.5) is 0 Å². The maximum Gasteiger partial charge on any atom is -0.0171 e. The van der Waals surface area contributed by atoms with E-state index in [1.165, 1.54) is 55.2 Å². The molecule has 1 aliphatic carbocycles. The van der Waals surface area contributed by atoms with Gasteiger partial charge in [-0.1, -0.05) is 97.2 Å². The quantitative estimate of drug-likeness (QED) is 0.493. The fourth-order valence-electron chi connectivity index (χ4n) is 3.08. The first kappa shape index (κ1) is 24.2. The summed E-state index contributed by atoms with van der Waals surface area (Å²) in [5, 5.41) is 0. The molecule has 134 valence electrons. The number of benzene rings is 1. The van der Waals surface area contributed by atoms with Crippen molar-refractivity contribution in [1.82, 2.24) is 0 Å². The minimum Gasteiger partial charge on any atom is -0.0998 e. The van der Waals surface area contributed by atoms with Gasteiger partial charge in [-0.2, -0.15) is 0 Å². The standard InChI is InChI=1S/C14H20.C7H14.2CH4/c1-5-13(11(2)3)10-14-9-7-6-8-12(14)4;1-7-5-3-2-4-6-7;;/h6-9,13H,2,5,10H2,1,3-4H3;7H,2-6H2,1H3;2*1H4. The Bertz CT molecular complexity index is 410. The Kier molecular flexibility index (Phi) is 14.1. The zero-order chi connectivity index (χ0) is 15.7. The number of hydrogen-bond donors (Lipinski definition) is 0. The summed E-state index contributed by atoms with van der Waals surface area (Å²) < 4.78 is 0. The lowest BCUT2D eigenvalue weighted by Crippen LogP contribution is -2.05. The SMILES string of the molecule is C.C.C=C(C)C(CC)Cc1ccccc1C.CC1CCCCC1. The fraction of sp³-hybridized carbons (Fsp3) is 0.652. The van der Waals surface area contributed by atoms with E-state index in [0.717, 1.165) is 12.3 Å². The smallest absolute Gasteiger partial charge is 0.0171 e.